The lowest BCUT2D eigenvalue weighted by Gasteiger charge is -2.15. The third-order valence-corrected chi connectivity index (χ3v) is 3.54. The van der Waals surface area contributed by atoms with Crippen LogP contribution in [0.4, 0.5) is 4.39 Å². The Kier molecular flexibility index (Phi) is 6.39. The molecule has 0 unspecified atom stereocenters. The molecule has 0 aromatic heterocycles. The smallest absolute Gasteiger partial charge is 0.244 e. The van der Waals surface area contributed by atoms with Crippen molar-refractivity contribution in [3.63, 3.8) is 0 Å². The highest BCUT2D eigenvalue weighted by Gasteiger charge is 2.15. The molecule has 0 saturated carbocycles. The van der Waals surface area contributed by atoms with Crippen molar-refractivity contribution in [2.24, 2.45) is 0 Å². The molecule has 0 spiro atoms. The minimum absolute atomic E-state index is 0.260. The maximum Gasteiger partial charge on any atom is 0.244 e. The maximum atomic E-state index is 12.8. The van der Waals surface area contributed by atoms with Crippen molar-refractivity contribution < 1.29 is 23.4 Å². The summed E-state index contributed by atoms with van der Waals surface area (Å²) in [4.78, 5) is 12.0. The predicted molar refractivity (Wildman–Crippen MR) is 93.4 cm³/mol. The molecule has 1 amide bonds. The Hall–Kier alpha value is -3.02. The molecule has 2 aromatic rings. The largest absolute Gasteiger partial charge is 0.493 e. The van der Waals surface area contributed by atoms with Crippen molar-refractivity contribution in [3.05, 3.63) is 59.4 Å². The van der Waals surface area contributed by atoms with Gasteiger partial charge in [0, 0.05) is 18.2 Å². The summed E-state index contributed by atoms with van der Waals surface area (Å²) in [6.45, 7) is 0.260. The number of amides is 1. The Labute approximate surface area is 146 Å². The molecule has 132 valence electrons. The van der Waals surface area contributed by atoms with E-state index in [1.54, 1.807) is 37.5 Å². The predicted octanol–water partition coefficient (Wildman–Crippen LogP) is 3.18. The molecule has 6 heteroatoms. The van der Waals surface area contributed by atoms with Gasteiger partial charge in [-0.3, -0.25) is 4.79 Å². The van der Waals surface area contributed by atoms with Gasteiger partial charge in [0.15, 0.2) is 11.5 Å². The molecule has 1 N–H and O–H groups in total. The van der Waals surface area contributed by atoms with Crippen molar-refractivity contribution in [3.8, 4) is 17.2 Å². The van der Waals surface area contributed by atoms with Crippen molar-refractivity contribution in [2.75, 3.05) is 21.3 Å². The van der Waals surface area contributed by atoms with Gasteiger partial charge in [0.05, 0.1) is 21.3 Å². The van der Waals surface area contributed by atoms with Gasteiger partial charge in [0.25, 0.3) is 0 Å². The van der Waals surface area contributed by atoms with Gasteiger partial charge in [-0.15, -0.1) is 0 Å². The zero-order valence-corrected chi connectivity index (χ0v) is 14.3. The first-order valence-corrected chi connectivity index (χ1v) is 7.58. The summed E-state index contributed by atoms with van der Waals surface area (Å²) in [5.41, 5.74) is 1.49. The van der Waals surface area contributed by atoms with Crippen LogP contribution < -0.4 is 19.5 Å². The van der Waals surface area contributed by atoms with Crippen LogP contribution in [0.1, 0.15) is 11.1 Å². The lowest BCUT2D eigenvalue weighted by Crippen LogP contribution is -2.20. The molecular weight excluding hydrogens is 325 g/mol. The molecule has 0 fully saturated rings. The average molecular weight is 345 g/mol. The van der Waals surface area contributed by atoms with E-state index in [4.69, 9.17) is 14.2 Å². The van der Waals surface area contributed by atoms with Gasteiger partial charge in [-0.25, -0.2) is 4.39 Å². The second-order valence-electron chi connectivity index (χ2n) is 5.10. The van der Waals surface area contributed by atoms with Crippen LogP contribution in [0.2, 0.25) is 0 Å². The number of rotatable bonds is 7. The number of hydrogen-bond acceptors (Lipinski definition) is 4. The second kappa shape index (κ2) is 8.73. The van der Waals surface area contributed by atoms with Gasteiger partial charge in [0.1, 0.15) is 5.82 Å². The highest BCUT2D eigenvalue weighted by atomic mass is 19.1. The van der Waals surface area contributed by atoms with Gasteiger partial charge < -0.3 is 19.5 Å². The zero-order valence-electron chi connectivity index (χ0n) is 14.3. The fourth-order valence-corrected chi connectivity index (χ4v) is 2.29. The Bertz CT molecular complexity index is 757. The topological polar surface area (TPSA) is 56.8 Å². The summed E-state index contributed by atoms with van der Waals surface area (Å²) < 4.78 is 28.8. The Morgan fingerprint density at radius 1 is 1.00 bits per heavy atom. The molecule has 0 saturated heterocycles. The number of carbonyl (C=O) groups excluding carboxylic acids is 1. The van der Waals surface area contributed by atoms with Gasteiger partial charge in [0.2, 0.25) is 11.7 Å². The molecule has 2 aromatic carbocycles. The van der Waals surface area contributed by atoms with E-state index in [2.05, 4.69) is 5.32 Å². The van der Waals surface area contributed by atoms with Crippen molar-refractivity contribution in [1.29, 1.82) is 0 Å². The van der Waals surface area contributed by atoms with Crippen LogP contribution in [0.25, 0.3) is 6.08 Å². The van der Waals surface area contributed by atoms with Crippen molar-refractivity contribution >= 4 is 12.0 Å². The highest BCUT2D eigenvalue weighted by Crippen LogP contribution is 2.39. The molecule has 0 bridgehead atoms. The summed E-state index contributed by atoms with van der Waals surface area (Å²) in [5.74, 6) is 0.928. The van der Waals surface area contributed by atoms with Crippen LogP contribution in [-0.4, -0.2) is 27.2 Å². The molecule has 2 rings (SSSR count). The van der Waals surface area contributed by atoms with Gasteiger partial charge >= 0.3 is 0 Å². The van der Waals surface area contributed by atoms with E-state index in [1.165, 1.54) is 32.4 Å². The first-order chi connectivity index (χ1) is 12.1. The number of methoxy groups -OCH3 is 3. The summed E-state index contributed by atoms with van der Waals surface area (Å²) in [6.07, 6.45) is 3.00. The number of hydrogen-bond donors (Lipinski definition) is 1. The molecule has 0 atom stereocenters. The lowest BCUT2D eigenvalue weighted by atomic mass is 10.1. The second-order valence-corrected chi connectivity index (χ2v) is 5.10. The van der Waals surface area contributed by atoms with E-state index in [1.807, 2.05) is 0 Å². The minimum Gasteiger partial charge on any atom is -0.493 e. The van der Waals surface area contributed by atoms with Crippen LogP contribution in [0, 0.1) is 5.82 Å². The Morgan fingerprint density at radius 2 is 1.68 bits per heavy atom. The fourth-order valence-electron chi connectivity index (χ4n) is 2.29. The zero-order chi connectivity index (χ0) is 18.2. The van der Waals surface area contributed by atoms with Crippen LogP contribution >= 0.6 is 0 Å². The summed E-state index contributed by atoms with van der Waals surface area (Å²) in [6, 6.07) is 9.41. The molecule has 0 aliphatic heterocycles. The quantitative estimate of drug-likeness (QED) is 0.783. The number of nitrogens with one attached hydrogen (secondary N) is 1. The van der Waals surface area contributed by atoms with Crippen LogP contribution in [-0.2, 0) is 11.3 Å². The van der Waals surface area contributed by atoms with Crippen molar-refractivity contribution in [2.45, 2.75) is 6.54 Å². The SMILES string of the molecule is COc1ccc(CNC(=O)/C=C/c2ccc(F)cc2)c(OC)c1OC. The normalized spacial score (nSPS) is 10.6. The van der Waals surface area contributed by atoms with Crippen LogP contribution in [0.5, 0.6) is 17.2 Å². The minimum atomic E-state index is -0.317. The van der Waals surface area contributed by atoms with E-state index in [0.717, 1.165) is 11.1 Å². The van der Waals surface area contributed by atoms with Gasteiger partial charge in [-0.1, -0.05) is 12.1 Å². The molecule has 25 heavy (non-hydrogen) atoms. The molecule has 0 aliphatic carbocycles. The number of carbonyl (C=O) groups is 1. The van der Waals surface area contributed by atoms with Crippen LogP contribution in [0.15, 0.2) is 42.5 Å². The van der Waals surface area contributed by atoms with E-state index >= 15 is 0 Å². The first-order valence-electron chi connectivity index (χ1n) is 7.58. The maximum absolute atomic E-state index is 12.8. The molecule has 0 radical (unpaired) electrons. The van der Waals surface area contributed by atoms with E-state index in [-0.39, 0.29) is 18.3 Å². The van der Waals surface area contributed by atoms with E-state index < -0.39 is 0 Å². The molecule has 0 aliphatic rings. The third-order valence-electron chi connectivity index (χ3n) is 3.54. The lowest BCUT2D eigenvalue weighted by molar-refractivity contribution is -0.116. The number of ether oxygens (including phenoxy) is 3. The van der Waals surface area contributed by atoms with Crippen LogP contribution in [0.3, 0.4) is 0 Å². The average Bonchev–Trinajstić information content (AvgIpc) is 2.64. The van der Waals surface area contributed by atoms with E-state index in [9.17, 15) is 9.18 Å². The monoisotopic (exact) mass is 345 g/mol. The molecule has 0 heterocycles. The van der Waals surface area contributed by atoms with Crippen molar-refractivity contribution in [1.82, 2.24) is 5.32 Å². The standard InChI is InChI=1S/C19H20FNO4/c1-23-16-10-7-14(18(24-2)19(16)25-3)12-21-17(22)11-6-13-4-8-15(20)9-5-13/h4-11H,12H2,1-3H3,(H,21,22)/b11-6+. The van der Waals surface area contributed by atoms with Gasteiger partial charge in [-0.05, 0) is 35.9 Å². The summed E-state index contributed by atoms with van der Waals surface area (Å²) in [7, 11) is 4.59. The molecule has 5 nitrogen and oxygen atoms in total. The highest BCUT2D eigenvalue weighted by molar-refractivity contribution is 5.91. The van der Waals surface area contributed by atoms with E-state index in [0.29, 0.717) is 17.2 Å². The summed E-state index contributed by atoms with van der Waals surface area (Å²) in [5, 5.41) is 2.77. The van der Waals surface area contributed by atoms with Gasteiger partial charge in [-0.2, -0.15) is 0 Å². The fraction of sp³-hybridized carbons (Fsp3) is 0.211. The summed E-state index contributed by atoms with van der Waals surface area (Å²) >= 11 is 0. The Balaban J connectivity index is 2.05. The first kappa shape index (κ1) is 18.3. The number of halogens is 1. The Morgan fingerprint density at radius 3 is 2.28 bits per heavy atom. The third kappa shape index (κ3) is 4.73. The number of benzene rings is 2. The molecular formula is C19H20FNO4.